The maximum atomic E-state index is 12.1. The summed E-state index contributed by atoms with van der Waals surface area (Å²) in [5, 5.41) is 4.42. The largest absolute Gasteiger partial charge is 0.456 e. The van der Waals surface area contributed by atoms with Gasteiger partial charge < -0.3 is 10.5 Å². The fraction of sp³-hybridized carbons (Fsp3) is 0.333. The van der Waals surface area contributed by atoms with E-state index in [1.165, 1.54) is 0 Å². The van der Waals surface area contributed by atoms with Crippen molar-refractivity contribution in [3.05, 3.63) is 45.7 Å². The predicted octanol–water partition coefficient (Wildman–Crippen LogP) is 3.17. The summed E-state index contributed by atoms with van der Waals surface area (Å²) in [4.78, 5) is 12.1. The zero-order chi connectivity index (χ0) is 15.4. The molecule has 0 fully saturated rings. The van der Waals surface area contributed by atoms with Gasteiger partial charge in [-0.3, -0.25) is 4.68 Å². The fourth-order valence-corrected chi connectivity index (χ4v) is 2.54. The van der Waals surface area contributed by atoms with Crippen LogP contribution in [0.1, 0.15) is 35.6 Å². The van der Waals surface area contributed by atoms with Crippen molar-refractivity contribution in [1.82, 2.24) is 9.78 Å². The summed E-state index contributed by atoms with van der Waals surface area (Å²) in [5.41, 5.74) is 8.56. The molecule has 5 nitrogen and oxygen atoms in total. The van der Waals surface area contributed by atoms with E-state index < -0.39 is 5.97 Å². The number of nitrogen functional groups attached to an aromatic ring is 1. The lowest BCUT2D eigenvalue weighted by Gasteiger charge is -2.07. The molecule has 112 valence electrons. The number of esters is 1. The Bertz CT molecular complexity index is 632. The summed E-state index contributed by atoms with van der Waals surface area (Å²) in [7, 11) is 0. The van der Waals surface area contributed by atoms with E-state index in [1.54, 1.807) is 18.2 Å². The third-order valence-corrected chi connectivity index (χ3v) is 3.54. The lowest BCUT2D eigenvalue weighted by Crippen LogP contribution is -2.09. The van der Waals surface area contributed by atoms with Gasteiger partial charge in [0.05, 0.1) is 17.0 Å². The van der Waals surface area contributed by atoms with Crippen LogP contribution in [0.2, 0.25) is 0 Å². The number of benzene rings is 1. The van der Waals surface area contributed by atoms with Crippen LogP contribution in [0.5, 0.6) is 0 Å². The third-order valence-electron chi connectivity index (χ3n) is 3.08. The highest BCUT2D eigenvalue weighted by Crippen LogP contribution is 2.18. The first-order valence-corrected chi connectivity index (χ1v) is 7.61. The van der Waals surface area contributed by atoms with E-state index in [0.717, 1.165) is 28.8 Å². The van der Waals surface area contributed by atoms with Crippen molar-refractivity contribution in [3.8, 4) is 0 Å². The number of hydrogen-bond donors (Lipinski definition) is 1. The standard InChI is InChI=1S/C15H18BrN3O2/c1-3-13-8-14(19(4-2)18-13)9-21-15(20)10-5-11(16)7-12(17)6-10/h5-8H,3-4,9,17H2,1-2H3. The van der Waals surface area contributed by atoms with Gasteiger partial charge in [-0.15, -0.1) is 0 Å². The Hall–Kier alpha value is -1.82. The van der Waals surface area contributed by atoms with Crippen LogP contribution in [-0.4, -0.2) is 15.7 Å². The average molecular weight is 352 g/mol. The van der Waals surface area contributed by atoms with Crippen molar-refractivity contribution in [2.75, 3.05) is 5.73 Å². The minimum absolute atomic E-state index is 0.200. The quantitative estimate of drug-likeness (QED) is 0.663. The number of carbonyl (C=O) groups is 1. The minimum Gasteiger partial charge on any atom is -0.456 e. The third kappa shape index (κ3) is 3.85. The van der Waals surface area contributed by atoms with Gasteiger partial charge in [0, 0.05) is 16.7 Å². The van der Waals surface area contributed by atoms with Gasteiger partial charge in [-0.25, -0.2) is 4.79 Å². The van der Waals surface area contributed by atoms with Crippen molar-refractivity contribution in [2.24, 2.45) is 0 Å². The number of hydrogen-bond acceptors (Lipinski definition) is 4. The van der Waals surface area contributed by atoms with Crippen molar-refractivity contribution < 1.29 is 9.53 Å². The Kier molecular flexibility index (Phi) is 5.01. The van der Waals surface area contributed by atoms with Gasteiger partial charge in [-0.2, -0.15) is 5.10 Å². The monoisotopic (exact) mass is 351 g/mol. The summed E-state index contributed by atoms with van der Waals surface area (Å²) in [6.45, 7) is 5.00. The summed E-state index contributed by atoms with van der Waals surface area (Å²) in [5.74, 6) is -0.398. The van der Waals surface area contributed by atoms with Crippen molar-refractivity contribution >= 4 is 27.6 Å². The topological polar surface area (TPSA) is 70.1 Å². The van der Waals surface area contributed by atoms with Crippen LogP contribution in [0.25, 0.3) is 0 Å². The first-order chi connectivity index (χ1) is 10.0. The lowest BCUT2D eigenvalue weighted by atomic mass is 10.2. The highest BCUT2D eigenvalue weighted by molar-refractivity contribution is 9.10. The molecular weight excluding hydrogens is 334 g/mol. The van der Waals surface area contributed by atoms with E-state index in [-0.39, 0.29) is 6.61 Å². The van der Waals surface area contributed by atoms with Crippen LogP contribution in [0, 0.1) is 0 Å². The molecular formula is C15H18BrN3O2. The van der Waals surface area contributed by atoms with E-state index in [1.807, 2.05) is 24.6 Å². The van der Waals surface area contributed by atoms with Gasteiger partial charge in [0.2, 0.25) is 0 Å². The Morgan fingerprint density at radius 1 is 1.33 bits per heavy atom. The van der Waals surface area contributed by atoms with Crippen molar-refractivity contribution in [2.45, 2.75) is 33.4 Å². The van der Waals surface area contributed by atoms with Crippen LogP contribution >= 0.6 is 15.9 Å². The molecule has 1 heterocycles. The lowest BCUT2D eigenvalue weighted by molar-refractivity contribution is 0.0462. The van der Waals surface area contributed by atoms with Crippen LogP contribution in [0.15, 0.2) is 28.7 Å². The van der Waals surface area contributed by atoms with E-state index in [2.05, 4.69) is 21.0 Å². The first kappa shape index (κ1) is 15.6. The number of nitrogens with zero attached hydrogens (tertiary/aromatic N) is 2. The van der Waals surface area contributed by atoms with E-state index in [0.29, 0.717) is 11.3 Å². The van der Waals surface area contributed by atoms with Gasteiger partial charge in [-0.05, 0) is 37.6 Å². The first-order valence-electron chi connectivity index (χ1n) is 6.82. The molecule has 0 saturated carbocycles. The summed E-state index contributed by atoms with van der Waals surface area (Å²) >= 11 is 3.31. The van der Waals surface area contributed by atoms with Crippen molar-refractivity contribution in [3.63, 3.8) is 0 Å². The smallest absolute Gasteiger partial charge is 0.338 e. The number of aromatic nitrogens is 2. The van der Waals surface area contributed by atoms with Gasteiger partial charge >= 0.3 is 5.97 Å². The molecule has 1 aromatic heterocycles. The molecule has 0 radical (unpaired) electrons. The molecule has 0 amide bonds. The molecule has 0 atom stereocenters. The normalized spacial score (nSPS) is 10.6. The highest BCUT2D eigenvalue weighted by Gasteiger charge is 2.12. The molecule has 0 unspecified atom stereocenters. The molecule has 0 aliphatic heterocycles. The molecule has 21 heavy (non-hydrogen) atoms. The van der Waals surface area contributed by atoms with Crippen LogP contribution in [0.4, 0.5) is 5.69 Å². The second-order valence-electron chi connectivity index (χ2n) is 4.65. The Morgan fingerprint density at radius 2 is 2.10 bits per heavy atom. The highest BCUT2D eigenvalue weighted by atomic mass is 79.9. The van der Waals surface area contributed by atoms with E-state index >= 15 is 0 Å². The number of carbonyl (C=O) groups excluding carboxylic acids is 1. The Balaban J connectivity index is 2.08. The average Bonchev–Trinajstić information content (AvgIpc) is 2.86. The SMILES string of the molecule is CCc1cc(COC(=O)c2cc(N)cc(Br)c2)n(CC)n1. The zero-order valence-corrected chi connectivity index (χ0v) is 13.7. The number of nitrogens with two attached hydrogens (primary N) is 1. The maximum Gasteiger partial charge on any atom is 0.338 e. The number of anilines is 1. The number of aryl methyl sites for hydroxylation is 2. The molecule has 2 rings (SSSR count). The number of ether oxygens (including phenoxy) is 1. The summed E-state index contributed by atoms with van der Waals surface area (Å²) in [6.07, 6.45) is 0.857. The molecule has 0 saturated heterocycles. The van der Waals surface area contributed by atoms with E-state index in [4.69, 9.17) is 10.5 Å². The van der Waals surface area contributed by atoms with Gasteiger partial charge in [0.25, 0.3) is 0 Å². The molecule has 2 N–H and O–H groups in total. The van der Waals surface area contributed by atoms with Crippen LogP contribution in [-0.2, 0) is 24.3 Å². The number of rotatable bonds is 5. The molecule has 2 aromatic rings. The summed E-state index contributed by atoms with van der Waals surface area (Å²) in [6, 6.07) is 6.98. The van der Waals surface area contributed by atoms with E-state index in [9.17, 15) is 4.79 Å². The fourth-order valence-electron chi connectivity index (χ4n) is 2.03. The second-order valence-corrected chi connectivity index (χ2v) is 5.56. The van der Waals surface area contributed by atoms with Gasteiger partial charge in [0.1, 0.15) is 6.61 Å². The predicted molar refractivity (Wildman–Crippen MR) is 85.0 cm³/mol. The number of halogens is 1. The zero-order valence-electron chi connectivity index (χ0n) is 12.1. The summed E-state index contributed by atoms with van der Waals surface area (Å²) < 4.78 is 7.95. The van der Waals surface area contributed by atoms with Gasteiger partial charge in [-0.1, -0.05) is 22.9 Å². The Labute approximate surface area is 132 Å². The van der Waals surface area contributed by atoms with Crippen molar-refractivity contribution in [1.29, 1.82) is 0 Å². The second kappa shape index (κ2) is 6.76. The molecule has 6 heteroatoms. The maximum absolute atomic E-state index is 12.1. The molecule has 0 aliphatic carbocycles. The van der Waals surface area contributed by atoms with Gasteiger partial charge in [0.15, 0.2) is 0 Å². The Morgan fingerprint density at radius 3 is 2.71 bits per heavy atom. The molecule has 1 aromatic carbocycles. The van der Waals surface area contributed by atoms with Crippen LogP contribution in [0.3, 0.4) is 0 Å². The molecule has 0 spiro atoms. The van der Waals surface area contributed by atoms with Crippen LogP contribution < -0.4 is 5.73 Å². The minimum atomic E-state index is -0.398. The molecule has 0 bridgehead atoms. The molecule has 0 aliphatic rings.